The Morgan fingerprint density at radius 3 is 2.52 bits per heavy atom. The largest absolute Gasteiger partial charge is 0.357 e. The Morgan fingerprint density at radius 1 is 1.10 bits per heavy atom. The van der Waals surface area contributed by atoms with Gasteiger partial charge in [0.15, 0.2) is 5.96 Å². The van der Waals surface area contributed by atoms with E-state index in [9.17, 15) is 0 Å². The lowest BCUT2D eigenvalue weighted by Crippen LogP contribution is -2.37. The summed E-state index contributed by atoms with van der Waals surface area (Å²) in [5, 5.41) is 20.2. The third kappa shape index (κ3) is 5.23. The molecule has 0 aliphatic carbocycles. The first-order valence-corrected chi connectivity index (χ1v) is 9.73. The summed E-state index contributed by atoms with van der Waals surface area (Å²) in [5.41, 5.74) is 6.03. The van der Waals surface area contributed by atoms with Crippen LogP contribution in [0.4, 0.5) is 0 Å². The maximum Gasteiger partial charge on any atom is 0.191 e. The number of hydrogen-bond acceptors (Lipinski definition) is 3. The van der Waals surface area contributed by atoms with Gasteiger partial charge in [-0.25, -0.2) is 9.67 Å². The number of aromatic nitrogens is 2. The van der Waals surface area contributed by atoms with Crippen LogP contribution in [0.2, 0.25) is 0 Å². The van der Waals surface area contributed by atoms with Gasteiger partial charge in [0.05, 0.1) is 29.6 Å². The summed E-state index contributed by atoms with van der Waals surface area (Å²) in [7, 11) is 0. The predicted molar refractivity (Wildman–Crippen MR) is 116 cm³/mol. The van der Waals surface area contributed by atoms with E-state index in [0.29, 0.717) is 18.7 Å². The Morgan fingerprint density at radius 2 is 1.86 bits per heavy atom. The normalized spacial score (nSPS) is 11.2. The Bertz CT molecular complexity index is 1020. The Balaban J connectivity index is 1.74. The summed E-state index contributed by atoms with van der Waals surface area (Å²) in [6, 6.07) is 20.0. The number of benzene rings is 2. The minimum Gasteiger partial charge on any atom is -0.357 e. The maximum absolute atomic E-state index is 8.91. The van der Waals surface area contributed by atoms with E-state index in [1.165, 1.54) is 0 Å². The first kappa shape index (κ1) is 20.2. The number of guanidine groups is 1. The van der Waals surface area contributed by atoms with Crippen LogP contribution >= 0.6 is 0 Å². The van der Waals surface area contributed by atoms with Gasteiger partial charge >= 0.3 is 0 Å². The van der Waals surface area contributed by atoms with Gasteiger partial charge in [0.2, 0.25) is 0 Å². The second kappa shape index (κ2) is 9.56. The zero-order chi connectivity index (χ0) is 20.6. The molecule has 6 heteroatoms. The van der Waals surface area contributed by atoms with Crippen LogP contribution < -0.4 is 10.6 Å². The fourth-order valence-electron chi connectivity index (χ4n) is 3.12. The fourth-order valence-corrected chi connectivity index (χ4v) is 3.12. The first-order chi connectivity index (χ1) is 14.1. The average molecular weight is 387 g/mol. The average Bonchev–Trinajstić information content (AvgIpc) is 3.08. The van der Waals surface area contributed by atoms with Crippen LogP contribution in [0.3, 0.4) is 0 Å². The van der Waals surface area contributed by atoms with Crippen molar-refractivity contribution < 1.29 is 0 Å². The number of aliphatic imine (C=N–C) groups is 1. The summed E-state index contributed by atoms with van der Waals surface area (Å²) >= 11 is 0. The minimum absolute atomic E-state index is 0.542. The second-order valence-corrected chi connectivity index (χ2v) is 6.83. The van der Waals surface area contributed by atoms with Gasteiger partial charge in [0.25, 0.3) is 0 Å². The number of nitrogens with zero attached hydrogens (tertiary/aromatic N) is 4. The highest BCUT2D eigenvalue weighted by atomic mass is 15.3. The van der Waals surface area contributed by atoms with E-state index in [1.54, 1.807) is 0 Å². The SMILES string of the molecule is CCNC(=NCc1ccc(C#N)cc1)NCc1ccccc1-n1nc(C)cc1C. The number of aryl methyl sites for hydroxylation is 2. The van der Waals surface area contributed by atoms with Crippen LogP contribution in [0.25, 0.3) is 5.69 Å². The zero-order valence-corrected chi connectivity index (χ0v) is 17.1. The van der Waals surface area contributed by atoms with Gasteiger partial charge < -0.3 is 10.6 Å². The van der Waals surface area contributed by atoms with E-state index >= 15 is 0 Å². The highest BCUT2D eigenvalue weighted by molar-refractivity contribution is 5.79. The third-order valence-corrected chi connectivity index (χ3v) is 4.52. The highest BCUT2D eigenvalue weighted by Crippen LogP contribution is 2.17. The van der Waals surface area contributed by atoms with Crippen LogP contribution in [0.15, 0.2) is 59.6 Å². The van der Waals surface area contributed by atoms with Crippen LogP contribution in [0, 0.1) is 25.2 Å². The van der Waals surface area contributed by atoms with Gasteiger partial charge in [-0.15, -0.1) is 0 Å². The molecule has 0 amide bonds. The van der Waals surface area contributed by atoms with Gasteiger partial charge in [-0.2, -0.15) is 10.4 Å². The molecule has 0 aliphatic heterocycles. The Kier molecular flexibility index (Phi) is 6.64. The molecule has 0 saturated carbocycles. The maximum atomic E-state index is 8.91. The second-order valence-electron chi connectivity index (χ2n) is 6.83. The molecule has 0 saturated heterocycles. The van der Waals surface area contributed by atoms with Crippen molar-refractivity contribution in [3.05, 3.63) is 82.7 Å². The quantitative estimate of drug-likeness (QED) is 0.501. The lowest BCUT2D eigenvalue weighted by molar-refractivity contribution is 0.783. The van der Waals surface area contributed by atoms with Crippen molar-refractivity contribution in [2.75, 3.05) is 6.54 Å². The smallest absolute Gasteiger partial charge is 0.191 e. The molecule has 0 bridgehead atoms. The number of nitriles is 1. The molecule has 0 atom stereocenters. The number of rotatable bonds is 6. The minimum atomic E-state index is 0.542. The molecule has 2 aromatic carbocycles. The van der Waals surface area contributed by atoms with Gasteiger partial charge in [-0.05, 0) is 56.2 Å². The zero-order valence-electron chi connectivity index (χ0n) is 17.1. The number of nitrogens with one attached hydrogen (secondary N) is 2. The predicted octanol–water partition coefficient (Wildman–Crippen LogP) is 3.62. The van der Waals surface area contributed by atoms with Gasteiger partial charge in [-0.3, -0.25) is 0 Å². The molecule has 1 aromatic heterocycles. The highest BCUT2D eigenvalue weighted by Gasteiger charge is 2.09. The lowest BCUT2D eigenvalue weighted by atomic mass is 10.1. The van der Waals surface area contributed by atoms with Crippen molar-refractivity contribution in [1.82, 2.24) is 20.4 Å². The van der Waals surface area contributed by atoms with Crippen molar-refractivity contribution in [2.45, 2.75) is 33.9 Å². The van der Waals surface area contributed by atoms with Crippen LogP contribution in [0.5, 0.6) is 0 Å². The number of para-hydroxylation sites is 1. The summed E-state index contributed by atoms with van der Waals surface area (Å²) in [6.07, 6.45) is 0. The van der Waals surface area contributed by atoms with E-state index < -0.39 is 0 Å². The summed E-state index contributed by atoms with van der Waals surface area (Å²) < 4.78 is 1.98. The third-order valence-electron chi connectivity index (χ3n) is 4.52. The van der Waals surface area contributed by atoms with Crippen LogP contribution in [-0.4, -0.2) is 22.3 Å². The summed E-state index contributed by atoms with van der Waals surface area (Å²) in [4.78, 5) is 4.67. The molecule has 6 nitrogen and oxygen atoms in total. The lowest BCUT2D eigenvalue weighted by Gasteiger charge is -2.15. The van der Waals surface area contributed by atoms with Gasteiger partial charge in [0.1, 0.15) is 0 Å². The van der Waals surface area contributed by atoms with E-state index in [2.05, 4.69) is 51.9 Å². The molecule has 1 heterocycles. The fraction of sp³-hybridized carbons (Fsp3) is 0.261. The monoisotopic (exact) mass is 386 g/mol. The van der Waals surface area contributed by atoms with Crippen molar-refractivity contribution >= 4 is 5.96 Å². The summed E-state index contributed by atoms with van der Waals surface area (Å²) in [5.74, 6) is 0.750. The van der Waals surface area contributed by atoms with E-state index in [0.717, 1.165) is 40.7 Å². The van der Waals surface area contributed by atoms with E-state index in [-0.39, 0.29) is 0 Å². The molecule has 0 radical (unpaired) electrons. The molecule has 0 unspecified atom stereocenters. The first-order valence-electron chi connectivity index (χ1n) is 9.73. The molecule has 0 aliphatic rings. The molecule has 0 fully saturated rings. The molecule has 3 aromatic rings. The van der Waals surface area contributed by atoms with Gasteiger partial charge in [0, 0.05) is 18.8 Å². The Labute approximate surface area is 171 Å². The van der Waals surface area contributed by atoms with Crippen LogP contribution in [0.1, 0.15) is 35.0 Å². The molecule has 2 N–H and O–H groups in total. The van der Waals surface area contributed by atoms with Crippen molar-refractivity contribution in [3.8, 4) is 11.8 Å². The van der Waals surface area contributed by atoms with E-state index in [1.807, 2.05) is 54.9 Å². The molecular weight excluding hydrogens is 360 g/mol. The van der Waals surface area contributed by atoms with Crippen molar-refractivity contribution in [2.24, 2.45) is 4.99 Å². The van der Waals surface area contributed by atoms with Crippen molar-refractivity contribution in [3.63, 3.8) is 0 Å². The number of hydrogen-bond donors (Lipinski definition) is 2. The standard InChI is InChI=1S/C23H26N6/c1-4-25-23(26-15-20-11-9-19(14-24)10-12-20)27-16-21-7-5-6-8-22(21)29-18(3)13-17(2)28-29/h5-13H,4,15-16H2,1-3H3,(H2,25,26,27). The Hall–Kier alpha value is -3.59. The molecule has 148 valence electrons. The van der Waals surface area contributed by atoms with Crippen LogP contribution in [-0.2, 0) is 13.1 Å². The molecule has 0 spiro atoms. The van der Waals surface area contributed by atoms with Crippen molar-refractivity contribution in [1.29, 1.82) is 5.26 Å². The van der Waals surface area contributed by atoms with Gasteiger partial charge in [-0.1, -0.05) is 30.3 Å². The molecular formula is C23H26N6. The summed E-state index contributed by atoms with van der Waals surface area (Å²) in [6.45, 7) is 8.06. The molecule has 3 rings (SSSR count). The molecule has 29 heavy (non-hydrogen) atoms. The topological polar surface area (TPSA) is 78.0 Å². The van der Waals surface area contributed by atoms with E-state index in [4.69, 9.17) is 5.26 Å².